The second kappa shape index (κ2) is 4.52. The van der Waals surface area contributed by atoms with Crippen molar-refractivity contribution in [3.8, 4) is 0 Å². The zero-order valence-electron chi connectivity index (χ0n) is 10.4. The Kier molecular flexibility index (Phi) is 3.50. The molecular weight excluding hydrogens is 224 g/mol. The molecule has 1 aromatic rings. The number of ether oxygens (including phenoxy) is 1. The number of hydrogen-bond acceptors (Lipinski definition) is 6. The Bertz CT molecular complexity index is 487. The third-order valence-electron chi connectivity index (χ3n) is 1.86. The number of nitrogens with two attached hydrogens (primary N) is 1. The number of carbonyl (C=O) groups is 1. The summed E-state index contributed by atoms with van der Waals surface area (Å²) in [5.41, 5.74) is 4.20. The van der Waals surface area contributed by atoms with Gasteiger partial charge < -0.3 is 10.5 Å². The van der Waals surface area contributed by atoms with E-state index in [1.807, 2.05) is 0 Å². The van der Waals surface area contributed by atoms with E-state index < -0.39 is 17.1 Å². The lowest BCUT2D eigenvalue weighted by Gasteiger charge is -2.20. The molecule has 0 saturated carbocycles. The van der Waals surface area contributed by atoms with Gasteiger partial charge in [0.25, 0.3) is 5.56 Å². The number of aryl methyl sites for hydroxylation is 1. The van der Waals surface area contributed by atoms with E-state index in [-0.39, 0.29) is 12.4 Å². The third-order valence-corrected chi connectivity index (χ3v) is 1.86. The number of carbonyl (C=O) groups excluding carboxylic acids is 1. The van der Waals surface area contributed by atoms with E-state index in [9.17, 15) is 9.59 Å². The first-order valence-electron chi connectivity index (χ1n) is 5.12. The van der Waals surface area contributed by atoms with Crippen molar-refractivity contribution in [1.82, 2.24) is 14.8 Å². The Balaban J connectivity index is 2.93. The number of esters is 1. The SMILES string of the molecule is Cc1nnc(N)c(=O)n1CC(=O)OC(C)(C)C. The van der Waals surface area contributed by atoms with E-state index in [0.717, 1.165) is 4.57 Å². The number of rotatable bonds is 2. The van der Waals surface area contributed by atoms with E-state index in [1.165, 1.54) is 0 Å². The Morgan fingerprint density at radius 3 is 2.53 bits per heavy atom. The fourth-order valence-corrected chi connectivity index (χ4v) is 1.20. The molecule has 0 aliphatic rings. The van der Waals surface area contributed by atoms with Crippen LogP contribution in [-0.4, -0.2) is 26.3 Å². The second-order valence-corrected chi connectivity index (χ2v) is 4.61. The van der Waals surface area contributed by atoms with Crippen LogP contribution in [0, 0.1) is 6.92 Å². The molecule has 94 valence electrons. The maximum Gasteiger partial charge on any atom is 0.326 e. The summed E-state index contributed by atoms with van der Waals surface area (Å²) in [7, 11) is 0. The van der Waals surface area contributed by atoms with Gasteiger partial charge in [0.1, 0.15) is 18.0 Å². The van der Waals surface area contributed by atoms with Crippen LogP contribution in [0.4, 0.5) is 5.82 Å². The largest absolute Gasteiger partial charge is 0.459 e. The zero-order chi connectivity index (χ0) is 13.2. The summed E-state index contributed by atoms with van der Waals surface area (Å²) in [5.74, 6) is -0.440. The van der Waals surface area contributed by atoms with Crippen LogP contribution in [0.1, 0.15) is 26.6 Å². The summed E-state index contributed by atoms with van der Waals surface area (Å²) >= 11 is 0. The average molecular weight is 240 g/mol. The van der Waals surface area contributed by atoms with Crippen LogP contribution in [0.5, 0.6) is 0 Å². The van der Waals surface area contributed by atoms with E-state index >= 15 is 0 Å². The molecule has 1 rings (SSSR count). The van der Waals surface area contributed by atoms with E-state index in [0.29, 0.717) is 5.82 Å². The monoisotopic (exact) mass is 240 g/mol. The van der Waals surface area contributed by atoms with Crippen molar-refractivity contribution in [3.63, 3.8) is 0 Å². The van der Waals surface area contributed by atoms with Crippen LogP contribution in [0.15, 0.2) is 4.79 Å². The van der Waals surface area contributed by atoms with Gasteiger partial charge in [0.15, 0.2) is 0 Å². The van der Waals surface area contributed by atoms with Crippen LogP contribution in [0.3, 0.4) is 0 Å². The molecule has 17 heavy (non-hydrogen) atoms. The van der Waals surface area contributed by atoms with Gasteiger partial charge in [-0.3, -0.25) is 14.2 Å². The summed E-state index contributed by atoms with van der Waals surface area (Å²) in [6, 6.07) is 0. The molecule has 1 heterocycles. The Morgan fingerprint density at radius 1 is 1.41 bits per heavy atom. The van der Waals surface area contributed by atoms with E-state index in [1.54, 1.807) is 27.7 Å². The van der Waals surface area contributed by atoms with E-state index in [4.69, 9.17) is 10.5 Å². The highest BCUT2D eigenvalue weighted by Gasteiger charge is 2.18. The van der Waals surface area contributed by atoms with Crippen LogP contribution < -0.4 is 11.3 Å². The number of aromatic nitrogens is 3. The third kappa shape index (κ3) is 3.54. The molecule has 0 spiro atoms. The van der Waals surface area contributed by atoms with Gasteiger partial charge in [-0.2, -0.15) is 0 Å². The highest BCUT2D eigenvalue weighted by molar-refractivity contribution is 5.69. The van der Waals surface area contributed by atoms with Crippen molar-refractivity contribution in [3.05, 3.63) is 16.2 Å². The molecule has 0 atom stereocenters. The fourth-order valence-electron chi connectivity index (χ4n) is 1.20. The minimum Gasteiger partial charge on any atom is -0.459 e. The summed E-state index contributed by atoms with van der Waals surface area (Å²) < 4.78 is 6.24. The molecule has 0 aliphatic heterocycles. The lowest BCUT2D eigenvalue weighted by atomic mass is 10.2. The van der Waals surface area contributed by atoms with Gasteiger partial charge in [-0.25, -0.2) is 0 Å². The highest BCUT2D eigenvalue weighted by Crippen LogP contribution is 2.07. The fraction of sp³-hybridized carbons (Fsp3) is 0.600. The predicted molar refractivity (Wildman–Crippen MR) is 61.3 cm³/mol. The van der Waals surface area contributed by atoms with Crippen LogP contribution in [0.2, 0.25) is 0 Å². The minimum atomic E-state index is -0.597. The first-order valence-corrected chi connectivity index (χ1v) is 5.12. The number of nitrogen functional groups attached to an aromatic ring is 1. The molecule has 1 aromatic heterocycles. The van der Waals surface area contributed by atoms with Crippen molar-refractivity contribution in [2.24, 2.45) is 0 Å². The van der Waals surface area contributed by atoms with Crippen LogP contribution >= 0.6 is 0 Å². The number of hydrogen-bond donors (Lipinski definition) is 1. The molecule has 0 saturated heterocycles. The molecule has 0 aromatic carbocycles. The molecule has 0 aliphatic carbocycles. The molecule has 2 N–H and O–H groups in total. The first-order chi connectivity index (χ1) is 7.70. The Morgan fingerprint density at radius 2 is 2.00 bits per heavy atom. The molecular formula is C10H16N4O3. The van der Waals surface area contributed by atoms with Crippen LogP contribution in [0.25, 0.3) is 0 Å². The van der Waals surface area contributed by atoms with Gasteiger partial charge in [-0.1, -0.05) is 0 Å². The van der Waals surface area contributed by atoms with Crippen LogP contribution in [-0.2, 0) is 16.1 Å². The quantitative estimate of drug-likeness (QED) is 0.723. The van der Waals surface area contributed by atoms with Crippen molar-refractivity contribution < 1.29 is 9.53 Å². The maximum absolute atomic E-state index is 11.6. The molecule has 7 heteroatoms. The maximum atomic E-state index is 11.6. The predicted octanol–water partition coefficient (Wildman–Crippen LogP) is -0.129. The first kappa shape index (κ1) is 13.1. The molecule has 0 fully saturated rings. The molecule has 0 amide bonds. The lowest BCUT2D eigenvalue weighted by Crippen LogP contribution is -2.33. The van der Waals surface area contributed by atoms with Gasteiger partial charge in [0.2, 0.25) is 5.82 Å². The van der Waals surface area contributed by atoms with Crippen molar-refractivity contribution in [2.45, 2.75) is 39.8 Å². The second-order valence-electron chi connectivity index (χ2n) is 4.61. The van der Waals surface area contributed by atoms with Gasteiger partial charge >= 0.3 is 5.97 Å². The van der Waals surface area contributed by atoms with Gasteiger partial charge in [0, 0.05) is 0 Å². The van der Waals surface area contributed by atoms with Gasteiger partial charge in [-0.15, -0.1) is 10.2 Å². The molecule has 0 unspecified atom stereocenters. The standard InChI is InChI=1S/C10H16N4O3/c1-6-12-13-8(11)9(16)14(6)5-7(15)17-10(2,3)4/h5H2,1-4H3,(H2,11,13). The topological polar surface area (TPSA) is 100 Å². The van der Waals surface area contributed by atoms with E-state index in [2.05, 4.69) is 10.2 Å². The molecule has 0 radical (unpaired) electrons. The molecule has 7 nitrogen and oxygen atoms in total. The highest BCUT2D eigenvalue weighted by atomic mass is 16.6. The summed E-state index contributed by atoms with van der Waals surface area (Å²) in [6.07, 6.45) is 0. The summed E-state index contributed by atoms with van der Waals surface area (Å²) in [6.45, 7) is 6.60. The normalized spacial score (nSPS) is 11.3. The zero-order valence-corrected chi connectivity index (χ0v) is 10.4. The smallest absolute Gasteiger partial charge is 0.326 e. The Hall–Kier alpha value is -1.92. The van der Waals surface area contributed by atoms with Gasteiger partial charge in [0.05, 0.1) is 0 Å². The molecule has 0 bridgehead atoms. The summed E-state index contributed by atoms with van der Waals surface area (Å²) in [4.78, 5) is 23.2. The van der Waals surface area contributed by atoms with Gasteiger partial charge in [-0.05, 0) is 27.7 Å². The van der Waals surface area contributed by atoms with Crippen molar-refractivity contribution in [1.29, 1.82) is 0 Å². The average Bonchev–Trinajstić information content (AvgIpc) is 2.16. The number of nitrogens with zero attached hydrogens (tertiary/aromatic N) is 3. The lowest BCUT2D eigenvalue weighted by molar-refractivity contribution is -0.155. The summed E-state index contributed by atoms with van der Waals surface area (Å²) in [5, 5.41) is 7.13. The minimum absolute atomic E-state index is 0.221. The Labute approximate surface area is 98.6 Å². The van der Waals surface area contributed by atoms with Crippen molar-refractivity contribution >= 4 is 11.8 Å². The van der Waals surface area contributed by atoms with Crippen molar-refractivity contribution in [2.75, 3.05) is 5.73 Å². The number of anilines is 1.